The molecular formula is C24H26FN3O4. The third-order valence-corrected chi connectivity index (χ3v) is 6.32. The Labute approximate surface area is 186 Å². The SMILES string of the molecule is COc1ccc(N(C(=O)CN2C(=O)NC(C)(c3ccc(F)cc3)C2=O)C(C)C2CC2)cc1. The predicted octanol–water partition coefficient (Wildman–Crippen LogP) is 3.43. The number of urea groups is 1. The van der Waals surface area contributed by atoms with Crippen LogP contribution in [0.1, 0.15) is 32.3 Å². The van der Waals surface area contributed by atoms with Gasteiger partial charge in [-0.15, -0.1) is 0 Å². The molecule has 0 radical (unpaired) electrons. The van der Waals surface area contributed by atoms with Crippen LogP contribution < -0.4 is 15.0 Å². The van der Waals surface area contributed by atoms with Crippen molar-refractivity contribution in [2.24, 2.45) is 5.92 Å². The van der Waals surface area contributed by atoms with Crippen molar-refractivity contribution in [3.63, 3.8) is 0 Å². The fraction of sp³-hybridized carbons (Fsp3) is 0.375. The number of carbonyl (C=O) groups excluding carboxylic acids is 3. The first-order valence-corrected chi connectivity index (χ1v) is 10.6. The highest BCUT2D eigenvalue weighted by atomic mass is 19.1. The molecule has 1 N–H and O–H groups in total. The summed E-state index contributed by atoms with van der Waals surface area (Å²) in [6.45, 7) is 3.15. The highest BCUT2D eigenvalue weighted by molar-refractivity contribution is 6.10. The molecule has 1 saturated carbocycles. The number of hydrogen-bond acceptors (Lipinski definition) is 4. The van der Waals surface area contributed by atoms with Crippen molar-refractivity contribution in [3.8, 4) is 5.75 Å². The maximum atomic E-state index is 13.4. The summed E-state index contributed by atoms with van der Waals surface area (Å²) in [6.07, 6.45) is 2.07. The Kier molecular flexibility index (Phi) is 5.62. The van der Waals surface area contributed by atoms with Gasteiger partial charge in [-0.3, -0.25) is 14.5 Å². The Morgan fingerprint density at radius 2 is 1.81 bits per heavy atom. The second-order valence-corrected chi connectivity index (χ2v) is 8.49. The fourth-order valence-electron chi connectivity index (χ4n) is 4.17. The minimum atomic E-state index is -1.36. The Hall–Kier alpha value is -3.42. The summed E-state index contributed by atoms with van der Waals surface area (Å²) >= 11 is 0. The molecule has 7 nitrogen and oxygen atoms in total. The number of rotatable bonds is 7. The minimum absolute atomic E-state index is 0.0693. The molecule has 2 aliphatic rings. The number of hydrogen-bond donors (Lipinski definition) is 1. The molecule has 1 heterocycles. The van der Waals surface area contributed by atoms with Gasteiger partial charge >= 0.3 is 6.03 Å². The lowest BCUT2D eigenvalue weighted by molar-refractivity contribution is -0.134. The molecule has 1 aliphatic heterocycles. The van der Waals surface area contributed by atoms with Crippen molar-refractivity contribution >= 4 is 23.5 Å². The quantitative estimate of drug-likeness (QED) is 0.671. The van der Waals surface area contributed by atoms with Crippen LogP contribution in [0.5, 0.6) is 5.75 Å². The van der Waals surface area contributed by atoms with Crippen LogP contribution in [0.25, 0.3) is 0 Å². The number of benzene rings is 2. The van der Waals surface area contributed by atoms with E-state index in [-0.39, 0.29) is 18.5 Å². The zero-order valence-corrected chi connectivity index (χ0v) is 18.3. The lowest BCUT2D eigenvalue weighted by atomic mass is 9.92. The molecule has 0 spiro atoms. The van der Waals surface area contributed by atoms with Crippen LogP contribution in [0.15, 0.2) is 48.5 Å². The molecule has 1 saturated heterocycles. The van der Waals surface area contributed by atoms with E-state index in [2.05, 4.69) is 5.32 Å². The number of nitrogens with zero attached hydrogens (tertiary/aromatic N) is 2. The van der Waals surface area contributed by atoms with Crippen molar-refractivity contribution in [1.29, 1.82) is 0 Å². The first-order chi connectivity index (χ1) is 15.2. The van der Waals surface area contributed by atoms with Crippen molar-refractivity contribution in [3.05, 3.63) is 59.9 Å². The number of nitrogens with one attached hydrogen (secondary N) is 1. The van der Waals surface area contributed by atoms with Crippen LogP contribution in [-0.2, 0) is 15.1 Å². The number of anilines is 1. The van der Waals surface area contributed by atoms with E-state index in [0.29, 0.717) is 22.9 Å². The number of amides is 4. The van der Waals surface area contributed by atoms with Crippen LogP contribution in [0.3, 0.4) is 0 Å². The molecule has 0 bridgehead atoms. The van der Waals surface area contributed by atoms with Gasteiger partial charge in [-0.25, -0.2) is 9.18 Å². The van der Waals surface area contributed by atoms with Crippen molar-refractivity contribution < 1.29 is 23.5 Å². The minimum Gasteiger partial charge on any atom is -0.497 e. The summed E-state index contributed by atoms with van der Waals surface area (Å²) < 4.78 is 18.5. The Morgan fingerprint density at radius 3 is 2.38 bits per heavy atom. The van der Waals surface area contributed by atoms with Crippen LogP contribution >= 0.6 is 0 Å². The van der Waals surface area contributed by atoms with Crippen molar-refractivity contribution in [2.45, 2.75) is 38.3 Å². The van der Waals surface area contributed by atoms with Crippen LogP contribution in [-0.4, -0.2) is 42.4 Å². The highest BCUT2D eigenvalue weighted by Crippen LogP contribution is 2.37. The normalized spacial score (nSPS) is 21.3. The molecule has 1 aliphatic carbocycles. The molecule has 32 heavy (non-hydrogen) atoms. The first kappa shape index (κ1) is 21.8. The molecule has 168 valence electrons. The number of imide groups is 1. The standard InChI is InChI=1S/C24H26FN3O4/c1-15(16-4-5-16)28(19-10-12-20(32-3)13-11-19)21(29)14-27-22(30)24(2,26-23(27)31)17-6-8-18(25)9-7-17/h6-13,15-16H,4-5,14H2,1-3H3,(H,26,31). The predicted molar refractivity (Wildman–Crippen MR) is 117 cm³/mol. The summed E-state index contributed by atoms with van der Waals surface area (Å²) in [4.78, 5) is 41.8. The van der Waals surface area contributed by atoms with E-state index in [1.54, 1.807) is 43.2 Å². The zero-order chi connectivity index (χ0) is 23.0. The monoisotopic (exact) mass is 439 g/mol. The third kappa shape index (κ3) is 3.92. The molecule has 4 amide bonds. The Morgan fingerprint density at radius 1 is 1.19 bits per heavy atom. The maximum absolute atomic E-state index is 13.4. The molecular weight excluding hydrogens is 413 g/mol. The largest absolute Gasteiger partial charge is 0.497 e. The van der Waals surface area contributed by atoms with Gasteiger partial charge in [-0.05, 0) is 74.6 Å². The van der Waals surface area contributed by atoms with Crippen LogP contribution in [0, 0.1) is 11.7 Å². The van der Waals surface area contributed by atoms with Gasteiger partial charge in [0.2, 0.25) is 5.91 Å². The summed E-state index contributed by atoms with van der Waals surface area (Å²) in [6, 6.07) is 11.8. The molecule has 2 aromatic rings. The second-order valence-electron chi connectivity index (χ2n) is 8.49. The van der Waals surface area contributed by atoms with E-state index in [1.807, 2.05) is 6.92 Å². The van der Waals surface area contributed by atoms with Gasteiger partial charge in [0, 0.05) is 11.7 Å². The van der Waals surface area contributed by atoms with E-state index >= 15 is 0 Å². The smallest absolute Gasteiger partial charge is 0.325 e. The van der Waals surface area contributed by atoms with Gasteiger partial charge in [0.1, 0.15) is 23.7 Å². The average Bonchev–Trinajstić information content (AvgIpc) is 3.60. The van der Waals surface area contributed by atoms with E-state index in [1.165, 1.54) is 24.3 Å². The third-order valence-electron chi connectivity index (χ3n) is 6.32. The second kappa shape index (κ2) is 8.26. The molecule has 8 heteroatoms. The number of ether oxygens (including phenoxy) is 1. The lowest BCUT2D eigenvalue weighted by Crippen LogP contribution is -2.48. The summed E-state index contributed by atoms with van der Waals surface area (Å²) in [7, 11) is 1.57. The van der Waals surface area contributed by atoms with Crippen LogP contribution in [0.2, 0.25) is 0 Å². The summed E-state index contributed by atoms with van der Waals surface area (Å²) in [5, 5.41) is 2.66. The van der Waals surface area contributed by atoms with Gasteiger partial charge in [0.15, 0.2) is 0 Å². The van der Waals surface area contributed by atoms with E-state index < -0.39 is 23.3 Å². The maximum Gasteiger partial charge on any atom is 0.325 e. The number of carbonyl (C=O) groups is 3. The topological polar surface area (TPSA) is 79.0 Å². The van der Waals surface area contributed by atoms with Gasteiger partial charge in [-0.2, -0.15) is 0 Å². The van der Waals surface area contributed by atoms with Gasteiger partial charge in [0.25, 0.3) is 5.91 Å². The zero-order valence-electron chi connectivity index (χ0n) is 18.3. The van der Waals surface area contributed by atoms with Gasteiger partial charge in [-0.1, -0.05) is 12.1 Å². The Balaban J connectivity index is 1.57. The number of halogens is 1. The van der Waals surface area contributed by atoms with Crippen molar-refractivity contribution in [1.82, 2.24) is 10.2 Å². The number of methoxy groups -OCH3 is 1. The first-order valence-electron chi connectivity index (χ1n) is 10.6. The van der Waals surface area contributed by atoms with Gasteiger partial charge < -0.3 is 15.0 Å². The molecule has 2 unspecified atom stereocenters. The molecule has 2 atom stereocenters. The molecule has 0 aromatic heterocycles. The van der Waals surface area contributed by atoms with E-state index in [0.717, 1.165) is 17.7 Å². The molecule has 2 fully saturated rings. The van der Waals surface area contributed by atoms with Gasteiger partial charge in [0.05, 0.1) is 7.11 Å². The summed E-state index contributed by atoms with van der Waals surface area (Å²) in [5.74, 6) is -0.277. The van der Waals surface area contributed by atoms with E-state index in [9.17, 15) is 18.8 Å². The Bertz CT molecular complexity index is 1040. The highest BCUT2D eigenvalue weighted by Gasteiger charge is 2.50. The van der Waals surface area contributed by atoms with Crippen molar-refractivity contribution in [2.75, 3.05) is 18.6 Å². The molecule has 4 rings (SSSR count). The van der Waals surface area contributed by atoms with Crippen LogP contribution in [0.4, 0.5) is 14.9 Å². The fourth-order valence-corrected chi connectivity index (χ4v) is 4.17. The lowest BCUT2D eigenvalue weighted by Gasteiger charge is -2.31. The van der Waals surface area contributed by atoms with E-state index in [4.69, 9.17) is 4.74 Å². The summed E-state index contributed by atoms with van der Waals surface area (Å²) in [5.41, 5.74) is -0.230. The molecule has 2 aromatic carbocycles. The average molecular weight is 439 g/mol.